The van der Waals surface area contributed by atoms with E-state index in [1.54, 1.807) is 27.7 Å². The molecule has 0 N–H and O–H groups in total. The molecule has 0 aromatic heterocycles. The maximum Gasteiger partial charge on any atom is 4.00 e. The average Bonchev–Trinajstić information content (AvgIpc) is 2.97. The molecule has 0 radical (unpaired) electrons. The molecule has 0 aliphatic carbocycles. The van der Waals surface area contributed by atoms with Crippen LogP contribution < -0.4 is 20.4 Å². The number of hydrogen-bond donors (Lipinski definition) is 0. The van der Waals surface area contributed by atoms with Gasteiger partial charge in [-0.3, -0.25) is 0 Å². The van der Waals surface area contributed by atoms with Gasteiger partial charge in [-0.15, -0.1) is 25.4 Å². The third kappa shape index (κ3) is 87.2. The van der Waals surface area contributed by atoms with Crippen molar-refractivity contribution < 1.29 is 42.1 Å². The fourth-order valence-corrected chi connectivity index (χ4v) is 5.20. The van der Waals surface area contributed by atoms with Crippen molar-refractivity contribution in [2.75, 3.05) is 13.2 Å². The fourth-order valence-electron chi connectivity index (χ4n) is 5.20. The molecule has 0 spiro atoms. The Balaban J connectivity index is -0.000000200. The minimum atomic E-state index is -0.417. The van der Waals surface area contributed by atoms with Gasteiger partial charge in [0.1, 0.15) is 0 Å². The van der Waals surface area contributed by atoms with Crippen molar-refractivity contribution in [3.63, 3.8) is 0 Å². The minimum absolute atomic E-state index is 0. The van der Waals surface area contributed by atoms with E-state index in [4.69, 9.17) is 0 Å². The molecule has 284 valence electrons. The van der Waals surface area contributed by atoms with E-state index in [2.05, 4.69) is 27.7 Å². The van der Waals surface area contributed by atoms with Crippen LogP contribution in [0.3, 0.4) is 0 Å². The van der Waals surface area contributed by atoms with Crippen molar-refractivity contribution in [2.24, 2.45) is 11.8 Å². The second-order valence-electron chi connectivity index (χ2n) is 15.1. The van der Waals surface area contributed by atoms with Crippen LogP contribution in [0.2, 0.25) is 0 Å². The van der Waals surface area contributed by atoms with Gasteiger partial charge in [0.15, 0.2) is 0 Å². The molecule has 0 aliphatic rings. The molecule has 0 bridgehead atoms. The van der Waals surface area contributed by atoms with Crippen LogP contribution in [0.5, 0.6) is 0 Å². The van der Waals surface area contributed by atoms with E-state index in [9.17, 15) is 20.4 Å². The molecule has 0 fully saturated rings. The summed E-state index contributed by atoms with van der Waals surface area (Å²) in [6, 6.07) is 0. The van der Waals surface area contributed by atoms with Crippen LogP contribution in [0, 0.1) is 11.8 Å². The molecule has 47 heavy (non-hydrogen) atoms. The van der Waals surface area contributed by atoms with Gasteiger partial charge in [-0.2, -0.15) is 0 Å². The van der Waals surface area contributed by atoms with Gasteiger partial charge in [0.25, 0.3) is 0 Å². The molecule has 0 aliphatic heterocycles. The molecule has 4 nitrogen and oxygen atoms in total. The largest absolute Gasteiger partial charge is 4.00 e. The smallest absolute Gasteiger partial charge is 0.854 e. The van der Waals surface area contributed by atoms with Crippen molar-refractivity contribution in [3.05, 3.63) is 0 Å². The van der Waals surface area contributed by atoms with Crippen molar-refractivity contribution in [1.82, 2.24) is 0 Å². The predicted molar refractivity (Wildman–Crippen MR) is 199 cm³/mol. The summed E-state index contributed by atoms with van der Waals surface area (Å²) in [6.45, 7) is 16.0. The Hall–Kier alpha value is 0.554. The van der Waals surface area contributed by atoms with Gasteiger partial charge in [0.2, 0.25) is 0 Å². The number of hydrogen-bond acceptors (Lipinski definition) is 4. The van der Waals surface area contributed by atoms with Gasteiger partial charge >= 0.3 is 21.7 Å². The molecule has 0 aromatic rings. The van der Waals surface area contributed by atoms with Crippen LogP contribution in [0.1, 0.15) is 235 Å². The molecule has 0 unspecified atom stereocenters. The summed E-state index contributed by atoms with van der Waals surface area (Å²) >= 11 is 0. The van der Waals surface area contributed by atoms with Gasteiger partial charge in [-0.05, 0) is 11.8 Å². The Kier molecular flexibility index (Phi) is 64.6. The quantitative estimate of drug-likeness (QED) is 0.0550. The molecule has 0 saturated heterocycles. The van der Waals surface area contributed by atoms with Crippen LogP contribution in [0.25, 0.3) is 0 Å². The predicted octanol–water partition coefficient (Wildman–Crippen LogP) is 10.4. The summed E-state index contributed by atoms with van der Waals surface area (Å²) < 4.78 is 0. The second-order valence-corrected chi connectivity index (χ2v) is 15.1. The zero-order valence-corrected chi connectivity index (χ0v) is 35.2. The molecule has 5 heteroatoms. The van der Waals surface area contributed by atoms with Crippen LogP contribution in [0.15, 0.2) is 0 Å². The Morgan fingerprint density at radius 1 is 0.277 bits per heavy atom. The number of unbranched alkanes of at least 4 members (excludes halogenated alkanes) is 24. The van der Waals surface area contributed by atoms with E-state index in [1.807, 2.05) is 0 Å². The van der Waals surface area contributed by atoms with Crippen LogP contribution in [0.4, 0.5) is 0 Å². The monoisotopic (exact) mass is 705 g/mol. The van der Waals surface area contributed by atoms with Crippen LogP contribution in [-0.4, -0.2) is 25.4 Å². The third-order valence-electron chi connectivity index (χ3n) is 7.85. The zero-order chi connectivity index (χ0) is 35.5. The molecule has 0 rings (SSSR count). The molecule has 0 heterocycles. The van der Waals surface area contributed by atoms with E-state index in [0.717, 1.165) is 37.5 Å². The molecule has 0 atom stereocenters. The average molecular weight is 705 g/mol. The second kappa shape index (κ2) is 53.3. The molecule has 0 amide bonds. The van der Waals surface area contributed by atoms with Crippen molar-refractivity contribution in [1.29, 1.82) is 0 Å². The Morgan fingerprint density at radius 3 is 0.532 bits per heavy atom. The standard InChI is InChI=1S/2C18H37O.2C3H7O.Ti/c2*1-18(2)16-14-12-10-8-6-4-3-5-7-9-11-13-15-17-19;2*1-3(2)4;/h2*18H,3-17H2,1-2H3;2*3H,1-2H3;/q4*-1;+4. The first kappa shape index (κ1) is 56.9. The summed E-state index contributed by atoms with van der Waals surface area (Å²) in [6.07, 6.45) is 37.0. The van der Waals surface area contributed by atoms with Gasteiger partial charge in [0.05, 0.1) is 0 Å². The maximum absolute atomic E-state index is 10.3. The Bertz CT molecular complexity index is 424. The van der Waals surface area contributed by atoms with E-state index in [-0.39, 0.29) is 34.9 Å². The summed E-state index contributed by atoms with van der Waals surface area (Å²) in [7, 11) is 0. The first-order valence-corrected chi connectivity index (χ1v) is 20.5. The summed E-state index contributed by atoms with van der Waals surface area (Å²) in [5.41, 5.74) is 0. The van der Waals surface area contributed by atoms with Crippen molar-refractivity contribution >= 4 is 0 Å². The van der Waals surface area contributed by atoms with Gasteiger partial charge < -0.3 is 20.4 Å². The summed E-state index contributed by atoms with van der Waals surface area (Å²) in [5, 5.41) is 39.6. The topological polar surface area (TPSA) is 92.2 Å². The van der Waals surface area contributed by atoms with Crippen molar-refractivity contribution in [2.45, 2.75) is 247 Å². The van der Waals surface area contributed by atoms with Crippen molar-refractivity contribution in [3.8, 4) is 0 Å². The Morgan fingerprint density at radius 2 is 0.404 bits per heavy atom. The third-order valence-corrected chi connectivity index (χ3v) is 7.85. The normalized spacial score (nSPS) is 10.7. The fraction of sp³-hybridized carbons (Fsp3) is 1.00. The van der Waals surface area contributed by atoms with E-state index in [0.29, 0.717) is 0 Å². The molecular weight excluding hydrogens is 616 g/mol. The minimum Gasteiger partial charge on any atom is -0.854 e. The Labute approximate surface area is 313 Å². The molecular formula is C42H88O4Ti. The SMILES string of the molecule is CC(C)CCCCCCCCCCCCCCC[O-].CC(C)CCCCCCCCCCCCCCC[O-].CC(C)[O-].CC(C)[O-].[Ti+4]. The van der Waals surface area contributed by atoms with Gasteiger partial charge in [-0.25, -0.2) is 0 Å². The summed E-state index contributed by atoms with van der Waals surface area (Å²) in [5.74, 6) is 1.77. The summed E-state index contributed by atoms with van der Waals surface area (Å²) in [4.78, 5) is 0. The van der Waals surface area contributed by atoms with Gasteiger partial charge in [-0.1, -0.05) is 235 Å². The van der Waals surface area contributed by atoms with Crippen LogP contribution >= 0.6 is 0 Å². The maximum atomic E-state index is 10.3. The first-order chi connectivity index (χ1) is 22.0. The first-order valence-electron chi connectivity index (χ1n) is 20.5. The van der Waals surface area contributed by atoms with Crippen LogP contribution in [-0.2, 0) is 21.7 Å². The number of rotatable bonds is 30. The van der Waals surface area contributed by atoms with E-state index < -0.39 is 12.2 Å². The van der Waals surface area contributed by atoms with E-state index >= 15 is 0 Å². The molecule has 0 aromatic carbocycles. The molecule has 0 saturated carbocycles. The zero-order valence-electron chi connectivity index (χ0n) is 33.7. The van der Waals surface area contributed by atoms with Gasteiger partial charge in [0, 0.05) is 0 Å². The van der Waals surface area contributed by atoms with E-state index in [1.165, 1.54) is 154 Å².